The maximum absolute atomic E-state index is 14.4. The van der Waals surface area contributed by atoms with Crippen LogP contribution in [0, 0.1) is 11.6 Å². The van der Waals surface area contributed by atoms with Gasteiger partial charge >= 0.3 is 12.1 Å². The summed E-state index contributed by atoms with van der Waals surface area (Å²) in [5, 5.41) is 2.41. The lowest BCUT2D eigenvalue weighted by molar-refractivity contribution is -0.275. The van der Waals surface area contributed by atoms with Gasteiger partial charge in [0.2, 0.25) is 0 Å². The second-order valence-corrected chi connectivity index (χ2v) is 6.59. The fourth-order valence-electron chi connectivity index (χ4n) is 3.00. The van der Waals surface area contributed by atoms with Crippen LogP contribution >= 0.6 is 0 Å². The maximum Gasteiger partial charge on any atom is 0.573 e. The van der Waals surface area contributed by atoms with Crippen LogP contribution in [-0.4, -0.2) is 27.2 Å². The van der Waals surface area contributed by atoms with E-state index in [2.05, 4.69) is 25.0 Å². The number of aromatic amines is 1. The molecule has 0 fully saturated rings. The lowest BCUT2D eigenvalue weighted by atomic mass is 10.0. The molecule has 0 spiro atoms. The number of alkyl halides is 3. The molecular formula is C20H11F5N4O4. The second-order valence-electron chi connectivity index (χ2n) is 6.59. The quantitative estimate of drug-likeness (QED) is 0.435. The number of amides is 1. The molecule has 0 aliphatic rings. The highest BCUT2D eigenvalue weighted by Crippen LogP contribution is 2.30. The first-order valence-electron chi connectivity index (χ1n) is 9.06. The third kappa shape index (κ3) is 4.81. The summed E-state index contributed by atoms with van der Waals surface area (Å²) in [5.74, 6) is -5.01. The molecule has 0 radical (unpaired) electrons. The number of fused-ring (bicyclic) bond motifs is 1. The molecule has 0 saturated carbocycles. The molecule has 2 N–H and O–H groups in total. The number of carbonyl (C=O) groups is 1. The Balaban J connectivity index is 1.71. The van der Waals surface area contributed by atoms with E-state index in [-0.39, 0.29) is 28.1 Å². The standard InChI is InChI=1S/C20H11F5N4O4/c21-10-2-1-5-26-17(10)16(9-3-4-14(11(22)6-9)33-20(23,24)25)29-18(30)12-7-15-13(8-27-12)28-19(31)32-15/h1-8,16H,(H,28,31)(H,29,30)/t16-/m0/s1. The van der Waals surface area contributed by atoms with Gasteiger partial charge in [0.05, 0.1) is 12.2 Å². The van der Waals surface area contributed by atoms with E-state index in [1.165, 1.54) is 12.3 Å². The van der Waals surface area contributed by atoms with Crippen molar-refractivity contribution in [2.75, 3.05) is 0 Å². The number of hydrogen-bond donors (Lipinski definition) is 2. The number of pyridine rings is 2. The lowest BCUT2D eigenvalue weighted by Gasteiger charge is -2.20. The Labute approximate surface area is 180 Å². The molecule has 3 aromatic heterocycles. The number of ether oxygens (including phenoxy) is 1. The Hall–Kier alpha value is -4.29. The highest BCUT2D eigenvalue weighted by atomic mass is 19.4. The molecule has 170 valence electrons. The highest BCUT2D eigenvalue weighted by molar-refractivity contribution is 5.95. The van der Waals surface area contributed by atoms with Crippen molar-refractivity contribution in [1.82, 2.24) is 20.3 Å². The summed E-state index contributed by atoms with van der Waals surface area (Å²) in [7, 11) is 0. The number of halogens is 5. The summed E-state index contributed by atoms with van der Waals surface area (Å²) in [6.07, 6.45) is -2.75. The molecule has 13 heteroatoms. The Morgan fingerprint density at radius 2 is 1.91 bits per heavy atom. The Morgan fingerprint density at radius 3 is 2.61 bits per heavy atom. The number of aromatic nitrogens is 3. The van der Waals surface area contributed by atoms with Gasteiger partial charge in [0.15, 0.2) is 17.1 Å². The molecule has 4 aromatic rings. The number of carbonyl (C=O) groups excluding carboxylic acids is 1. The van der Waals surface area contributed by atoms with Gasteiger partial charge in [-0.3, -0.25) is 14.8 Å². The van der Waals surface area contributed by atoms with Crippen LogP contribution in [0.4, 0.5) is 22.0 Å². The zero-order chi connectivity index (χ0) is 23.8. The van der Waals surface area contributed by atoms with E-state index in [0.29, 0.717) is 12.1 Å². The lowest BCUT2D eigenvalue weighted by Crippen LogP contribution is -2.31. The van der Waals surface area contributed by atoms with Crippen LogP contribution in [0.3, 0.4) is 0 Å². The number of nitrogens with zero attached hydrogens (tertiary/aromatic N) is 2. The van der Waals surface area contributed by atoms with E-state index in [1.54, 1.807) is 0 Å². The van der Waals surface area contributed by atoms with Crippen molar-refractivity contribution in [2.24, 2.45) is 0 Å². The van der Waals surface area contributed by atoms with Gasteiger partial charge in [0, 0.05) is 12.3 Å². The summed E-state index contributed by atoms with van der Waals surface area (Å²) in [5.41, 5.74) is -0.429. The van der Waals surface area contributed by atoms with Crippen LogP contribution in [0.1, 0.15) is 27.8 Å². The summed E-state index contributed by atoms with van der Waals surface area (Å²) >= 11 is 0. The summed E-state index contributed by atoms with van der Waals surface area (Å²) in [6.45, 7) is 0. The third-order valence-corrected chi connectivity index (χ3v) is 4.39. The molecule has 3 heterocycles. The van der Waals surface area contributed by atoms with Gasteiger partial charge in [0.25, 0.3) is 5.91 Å². The van der Waals surface area contributed by atoms with Crippen molar-refractivity contribution in [3.63, 3.8) is 0 Å². The minimum atomic E-state index is -5.12. The fourth-order valence-corrected chi connectivity index (χ4v) is 3.00. The average molecular weight is 466 g/mol. The predicted octanol–water partition coefficient (Wildman–Crippen LogP) is 3.61. The molecule has 0 unspecified atom stereocenters. The topological polar surface area (TPSA) is 110 Å². The monoisotopic (exact) mass is 466 g/mol. The third-order valence-electron chi connectivity index (χ3n) is 4.39. The largest absolute Gasteiger partial charge is 0.573 e. The smallest absolute Gasteiger partial charge is 0.408 e. The minimum Gasteiger partial charge on any atom is -0.408 e. The SMILES string of the molecule is O=C(N[C@@H](c1ccc(OC(F)(F)F)c(F)c1)c1ncccc1F)c1cc2oc(=O)[nH]c2cn1. The maximum atomic E-state index is 14.4. The van der Waals surface area contributed by atoms with Gasteiger partial charge in [-0.05, 0) is 29.8 Å². The molecule has 33 heavy (non-hydrogen) atoms. The highest BCUT2D eigenvalue weighted by Gasteiger charge is 2.33. The Morgan fingerprint density at radius 1 is 1.12 bits per heavy atom. The van der Waals surface area contributed by atoms with E-state index in [9.17, 15) is 31.5 Å². The minimum absolute atomic E-state index is 0.0282. The van der Waals surface area contributed by atoms with Crippen LogP contribution in [0.2, 0.25) is 0 Å². The molecule has 1 amide bonds. The van der Waals surface area contributed by atoms with Gasteiger partial charge < -0.3 is 14.5 Å². The summed E-state index contributed by atoms with van der Waals surface area (Å²) in [4.78, 5) is 34.1. The molecule has 1 aromatic carbocycles. The Bertz CT molecular complexity index is 1400. The predicted molar refractivity (Wildman–Crippen MR) is 101 cm³/mol. The number of oxazole rings is 1. The first-order chi connectivity index (χ1) is 15.6. The molecule has 4 rings (SSSR count). The molecule has 0 aliphatic heterocycles. The number of benzene rings is 1. The summed E-state index contributed by atoms with van der Waals surface area (Å²) in [6, 6.07) is 4.42. The molecular weight excluding hydrogens is 455 g/mol. The van der Waals surface area contributed by atoms with Crippen LogP contribution in [-0.2, 0) is 0 Å². The number of rotatable bonds is 5. The van der Waals surface area contributed by atoms with Gasteiger partial charge in [-0.25, -0.2) is 18.6 Å². The van der Waals surface area contributed by atoms with Crippen LogP contribution in [0.15, 0.2) is 58.0 Å². The zero-order valence-electron chi connectivity index (χ0n) is 16.1. The van der Waals surface area contributed by atoms with Crippen molar-refractivity contribution in [2.45, 2.75) is 12.4 Å². The number of hydrogen-bond acceptors (Lipinski definition) is 6. The van der Waals surface area contributed by atoms with Gasteiger partial charge in [0.1, 0.15) is 22.7 Å². The molecule has 0 saturated heterocycles. The van der Waals surface area contributed by atoms with Crippen LogP contribution < -0.4 is 15.8 Å². The first-order valence-corrected chi connectivity index (χ1v) is 9.06. The van der Waals surface area contributed by atoms with E-state index in [4.69, 9.17) is 4.42 Å². The Kier molecular flexibility index (Phi) is 5.54. The van der Waals surface area contributed by atoms with Crippen molar-refractivity contribution in [3.05, 3.63) is 87.9 Å². The molecule has 8 nitrogen and oxygen atoms in total. The zero-order valence-corrected chi connectivity index (χ0v) is 16.1. The summed E-state index contributed by atoms with van der Waals surface area (Å²) < 4.78 is 74.5. The molecule has 0 bridgehead atoms. The van der Waals surface area contributed by atoms with Gasteiger partial charge in [-0.2, -0.15) is 0 Å². The first kappa shape index (κ1) is 21.9. The fraction of sp³-hybridized carbons (Fsp3) is 0.100. The van der Waals surface area contributed by atoms with E-state index < -0.39 is 41.5 Å². The molecule has 1 atom stereocenters. The van der Waals surface area contributed by atoms with Crippen molar-refractivity contribution >= 4 is 17.0 Å². The van der Waals surface area contributed by atoms with E-state index in [0.717, 1.165) is 24.4 Å². The van der Waals surface area contributed by atoms with E-state index in [1.807, 2.05) is 0 Å². The van der Waals surface area contributed by atoms with Gasteiger partial charge in [-0.1, -0.05) is 6.07 Å². The van der Waals surface area contributed by atoms with Crippen molar-refractivity contribution in [3.8, 4) is 5.75 Å². The number of H-pyrrole nitrogens is 1. The van der Waals surface area contributed by atoms with Crippen LogP contribution in [0.25, 0.3) is 11.1 Å². The normalized spacial score (nSPS) is 12.5. The molecule has 0 aliphatic carbocycles. The van der Waals surface area contributed by atoms with Crippen molar-refractivity contribution < 1.29 is 35.9 Å². The van der Waals surface area contributed by atoms with Crippen LogP contribution in [0.5, 0.6) is 5.75 Å². The van der Waals surface area contributed by atoms with E-state index >= 15 is 0 Å². The second kappa shape index (κ2) is 8.33. The van der Waals surface area contributed by atoms with Crippen molar-refractivity contribution in [1.29, 1.82) is 0 Å². The van der Waals surface area contributed by atoms with Gasteiger partial charge in [-0.15, -0.1) is 13.2 Å². The number of nitrogens with one attached hydrogen (secondary N) is 2. The average Bonchev–Trinajstić information content (AvgIpc) is 3.12.